The molecule has 2 N–H and O–H groups in total. The van der Waals surface area contributed by atoms with Gasteiger partial charge in [-0.2, -0.15) is 0 Å². The van der Waals surface area contributed by atoms with Crippen molar-refractivity contribution in [3.8, 4) is 0 Å². The lowest BCUT2D eigenvalue weighted by atomic mass is 9.85. The molecular formula is C25H27N3O6. The fourth-order valence-corrected chi connectivity index (χ4v) is 5.28. The fourth-order valence-electron chi connectivity index (χ4n) is 5.28. The molecule has 2 unspecified atom stereocenters. The SMILES string of the molecule is CCC(C)C(CO)N1C(=O)c2ccc3c4c(ccc(c24)C1=O)C(=O)N(N1CCC(O)CC1)C3=O. The summed E-state index contributed by atoms with van der Waals surface area (Å²) in [6, 6.07) is 5.46. The number of rotatable bonds is 5. The molecule has 0 aromatic heterocycles. The number of hydrogen-bond acceptors (Lipinski definition) is 7. The Morgan fingerprint density at radius 2 is 1.29 bits per heavy atom. The number of carbonyl (C=O) groups excluding carboxylic acids is 4. The van der Waals surface area contributed by atoms with E-state index in [1.807, 2.05) is 13.8 Å². The van der Waals surface area contributed by atoms with E-state index >= 15 is 0 Å². The molecule has 2 atom stereocenters. The van der Waals surface area contributed by atoms with E-state index in [2.05, 4.69) is 0 Å². The Hall–Kier alpha value is -3.14. The quantitative estimate of drug-likeness (QED) is 0.647. The molecule has 3 heterocycles. The van der Waals surface area contributed by atoms with E-state index in [-0.39, 0.29) is 34.8 Å². The van der Waals surface area contributed by atoms with Crippen LogP contribution in [0.2, 0.25) is 0 Å². The molecule has 34 heavy (non-hydrogen) atoms. The van der Waals surface area contributed by atoms with Crippen molar-refractivity contribution in [1.82, 2.24) is 14.9 Å². The molecule has 9 nitrogen and oxygen atoms in total. The maximum absolute atomic E-state index is 13.5. The third kappa shape index (κ3) is 3.11. The number of amides is 4. The number of piperidine rings is 1. The molecule has 0 bridgehead atoms. The van der Waals surface area contributed by atoms with E-state index in [0.29, 0.717) is 43.1 Å². The van der Waals surface area contributed by atoms with Crippen molar-refractivity contribution in [2.24, 2.45) is 5.92 Å². The summed E-state index contributed by atoms with van der Waals surface area (Å²) < 4.78 is 0. The standard InChI is InChI=1S/C25H27N3O6/c1-3-13(2)19(12-29)27-22(31)15-4-6-17-21-18(7-5-16(20(15)21)23(27)32)25(34)28(24(17)33)26-10-8-14(30)9-11-26/h4-7,13-14,19,29-30H,3,8-12H2,1-2H3. The zero-order valence-electron chi connectivity index (χ0n) is 19.2. The van der Waals surface area contributed by atoms with Crippen molar-refractivity contribution in [2.45, 2.75) is 45.3 Å². The zero-order valence-corrected chi connectivity index (χ0v) is 19.2. The lowest BCUT2D eigenvalue weighted by Gasteiger charge is -2.40. The minimum atomic E-state index is -0.673. The summed E-state index contributed by atoms with van der Waals surface area (Å²) in [7, 11) is 0. The van der Waals surface area contributed by atoms with E-state index in [1.165, 1.54) is 24.3 Å². The van der Waals surface area contributed by atoms with Gasteiger partial charge in [0, 0.05) is 35.0 Å². The molecule has 2 aromatic carbocycles. The van der Waals surface area contributed by atoms with Gasteiger partial charge in [-0.3, -0.25) is 24.1 Å². The third-order valence-electron chi connectivity index (χ3n) is 7.45. The molecule has 3 aliphatic rings. The number of nitrogens with zero attached hydrogens (tertiary/aromatic N) is 3. The zero-order chi connectivity index (χ0) is 24.3. The summed E-state index contributed by atoms with van der Waals surface area (Å²) in [5.41, 5.74) is 1.01. The van der Waals surface area contributed by atoms with E-state index < -0.39 is 35.8 Å². The first kappa shape index (κ1) is 22.6. The Kier molecular flexibility index (Phi) is 5.50. The predicted octanol–water partition coefficient (Wildman–Crippen LogP) is 1.81. The lowest BCUT2D eigenvalue weighted by Crippen LogP contribution is -2.55. The lowest BCUT2D eigenvalue weighted by molar-refractivity contribution is -0.0319. The molecule has 5 rings (SSSR count). The monoisotopic (exact) mass is 465 g/mol. The van der Waals surface area contributed by atoms with E-state index in [0.717, 1.165) is 9.91 Å². The molecule has 4 amide bonds. The van der Waals surface area contributed by atoms with Gasteiger partial charge >= 0.3 is 0 Å². The first-order valence-corrected chi connectivity index (χ1v) is 11.7. The van der Waals surface area contributed by atoms with Crippen LogP contribution in [0, 0.1) is 5.92 Å². The first-order chi connectivity index (χ1) is 16.3. The Morgan fingerprint density at radius 1 is 0.853 bits per heavy atom. The molecule has 2 aromatic rings. The van der Waals surface area contributed by atoms with E-state index in [9.17, 15) is 29.4 Å². The van der Waals surface area contributed by atoms with Gasteiger partial charge in [0.1, 0.15) is 0 Å². The molecule has 178 valence electrons. The smallest absolute Gasteiger partial charge is 0.276 e. The first-order valence-electron chi connectivity index (χ1n) is 11.7. The number of hydrazine groups is 1. The summed E-state index contributed by atoms with van der Waals surface area (Å²) >= 11 is 0. The van der Waals surface area contributed by atoms with Gasteiger partial charge in [-0.25, -0.2) is 10.0 Å². The van der Waals surface area contributed by atoms with Gasteiger partial charge < -0.3 is 10.2 Å². The van der Waals surface area contributed by atoms with Crippen LogP contribution >= 0.6 is 0 Å². The average molecular weight is 466 g/mol. The van der Waals surface area contributed by atoms with Gasteiger partial charge in [0.2, 0.25) is 0 Å². The normalized spacial score (nSPS) is 20.9. The summed E-state index contributed by atoms with van der Waals surface area (Å²) in [6.07, 6.45) is 1.13. The largest absolute Gasteiger partial charge is 0.394 e. The highest BCUT2D eigenvalue weighted by Crippen LogP contribution is 2.39. The number of carbonyl (C=O) groups is 4. The number of benzene rings is 2. The molecular weight excluding hydrogens is 438 g/mol. The van der Waals surface area contributed by atoms with Crippen LogP contribution < -0.4 is 0 Å². The van der Waals surface area contributed by atoms with Crippen molar-refractivity contribution in [3.05, 3.63) is 46.5 Å². The van der Waals surface area contributed by atoms with Crippen LogP contribution in [0.15, 0.2) is 24.3 Å². The second-order valence-electron chi connectivity index (χ2n) is 9.29. The molecule has 1 fully saturated rings. The van der Waals surface area contributed by atoms with Gasteiger partial charge in [-0.05, 0) is 43.0 Å². The summed E-state index contributed by atoms with van der Waals surface area (Å²) in [5, 5.41) is 23.2. The number of aliphatic hydroxyl groups excluding tert-OH is 2. The Labute approximate surface area is 196 Å². The van der Waals surface area contributed by atoms with Crippen LogP contribution in [0.4, 0.5) is 0 Å². The summed E-state index contributed by atoms with van der Waals surface area (Å²) in [6.45, 7) is 4.20. The molecule has 0 saturated carbocycles. The average Bonchev–Trinajstić information content (AvgIpc) is 2.84. The van der Waals surface area contributed by atoms with E-state index in [1.54, 1.807) is 5.01 Å². The Balaban J connectivity index is 1.63. The predicted molar refractivity (Wildman–Crippen MR) is 122 cm³/mol. The molecule has 0 radical (unpaired) electrons. The van der Waals surface area contributed by atoms with Gasteiger partial charge in [-0.1, -0.05) is 20.3 Å². The van der Waals surface area contributed by atoms with Crippen molar-refractivity contribution in [1.29, 1.82) is 0 Å². The number of aliphatic hydroxyl groups is 2. The minimum Gasteiger partial charge on any atom is -0.394 e. The fraction of sp³-hybridized carbons (Fsp3) is 0.440. The van der Waals surface area contributed by atoms with Crippen molar-refractivity contribution in [3.63, 3.8) is 0 Å². The minimum absolute atomic E-state index is 0.104. The van der Waals surface area contributed by atoms with Crippen molar-refractivity contribution < 1.29 is 29.4 Å². The molecule has 9 heteroatoms. The van der Waals surface area contributed by atoms with Gasteiger partial charge in [-0.15, -0.1) is 0 Å². The number of hydrogen-bond donors (Lipinski definition) is 2. The summed E-state index contributed by atoms with van der Waals surface area (Å²) in [5.74, 6) is -2.19. The third-order valence-corrected chi connectivity index (χ3v) is 7.45. The second-order valence-corrected chi connectivity index (χ2v) is 9.29. The topological polar surface area (TPSA) is 118 Å². The Morgan fingerprint density at radius 3 is 1.71 bits per heavy atom. The van der Waals surface area contributed by atoms with Gasteiger partial charge in [0.05, 0.1) is 29.9 Å². The van der Waals surface area contributed by atoms with Crippen molar-refractivity contribution in [2.75, 3.05) is 19.7 Å². The maximum atomic E-state index is 13.5. The van der Waals surface area contributed by atoms with Gasteiger partial charge in [0.15, 0.2) is 0 Å². The highest BCUT2D eigenvalue weighted by molar-refractivity contribution is 6.33. The van der Waals surface area contributed by atoms with Crippen LogP contribution in [0.3, 0.4) is 0 Å². The molecule has 0 spiro atoms. The van der Waals surface area contributed by atoms with E-state index in [4.69, 9.17) is 0 Å². The Bertz CT molecular complexity index is 1160. The van der Waals surface area contributed by atoms with Crippen molar-refractivity contribution >= 4 is 34.4 Å². The highest BCUT2D eigenvalue weighted by atomic mass is 16.3. The van der Waals surface area contributed by atoms with Crippen LogP contribution in [0.1, 0.15) is 74.5 Å². The maximum Gasteiger partial charge on any atom is 0.276 e. The van der Waals surface area contributed by atoms with Gasteiger partial charge in [0.25, 0.3) is 23.6 Å². The van der Waals surface area contributed by atoms with Crippen LogP contribution in [0.25, 0.3) is 10.8 Å². The molecule has 1 saturated heterocycles. The summed E-state index contributed by atoms with van der Waals surface area (Å²) in [4.78, 5) is 54.9. The second kappa shape index (κ2) is 8.26. The van der Waals surface area contributed by atoms with Crippen LogP contribution in [0.5, 0.6) is 0 Å². The number of imide groups is 2. The highest BCUT2D eigenvalue weighted by Gasteiger charge is 2.44. The van der Waals surface area contributed by atoms with Crippen LogP contribution in [-0.2, 0) is 0 Å². The molecule has 0 aliphatic carbocycles. The van der Waals surface area contributed by atoms with Crippen LogP contribution in [-0.4, -0.2) is 80.6 Å². The molecule has 3 aliphatic heterocycles.